The van der Waals surface area contributed by atoms with Gasteiger partial charge in [-0.1, -0.05) is 0 Å². The molecule has 0 unspecified atom stereocenters. The maximum absolute atomic E-state index is 11.3. The van der Waals surface area contributed by atoms with Gasteiger partial charge in [0.05, 0.1) is 0 Å². The van der Waals surface area contributed by atoms with Crippen LogP contribution in [0.3, 0.4) is 0 Å². The van der Waals surface area contributed by atoms with Gasteiger partial charge in [-0.15, -0.1) is 13.2 Å². The summed E-state index contributed by atoms with van der Waals surface area (Å²) in [6.45, 7) is -0.0363. The van der Waals surface area contributed by atoms with Crippen LogP contribution in [0, 0.1) is 6.26 Å². The van der Waals surface area contributed by atoms with Crippen molar-refractivity contribution in [1.82, 2.24) is 5.32 Å². The summed E-state index contributed by atoms with van der Waals surface area (Å²) >= 11 is 0. The third kappa shape index (κ3) is 2.04. The lowest BCUT2D eigenvalue weighted by Gasteiger charge is -2.06. The Hall–Kier alpha value is -1.07. The Balaban J connectivity index is 2.38. The van der Waals surface area contributed by atoms with E-state index in [9.17, 15) is 13.2 Å². The zero-order valence-corrected chi connectivity index (χ0v) is 4.66. The fraction of sp³-hybridized carbons (Fsp3) is 0.500. The monoisotopic (exact) mass is 154 g/mol. The molecule has 10 heavy (non-hydrogen) atoms. The summed E-state index contributed by atoms with van der Waals surface area (Å²) in [5.74, 6) is -0.535. The number of ether oxygens (including phenoxy) is 2. The summed E-state index contributed by atoms with van der Waals surface area (Å²) in [7, 11) is 0. The molecule has 57 valence electrons. The molecule has 0 aliphatic carbocycles. The van der Waals surface area contributed by atoms with Gasteiger partial charge in [-0.3, -0.25) is 0 Å². The van der Waals surface area contributed by atoms with E-state index in [1.165, 1.54) is 0 Å². The second-order valence-corrected chi connectivity index (χ2v) is 1.44. The summed E-state index contributed by atoms with van der Waals surface area (Å²) < 4.78 is 41.6. The number of nitrogens with one attached hydrogen (secondary N) is 1. The maximum Gasteiger partial charge on any atom is 0.574 e. The summed E-state index contributed by atoms with van der Waals surface area (Å²) in [6.07, 6.45) is -2.80. The van der Waals surface area contributed by atoms with Crippen LogP contribution in [0.1, 0.15) is 0 Å². The Labute approximate surface area is 54.4 Å². The minimum atomic E-state index is -4.68. The summed E-state index contributed by atoms with van der Waals surface area (Å²) in [5, 5.41) is 2.15. The van der Waals surface area contributed by atoms with E-state index in [1.54, 1.807) is 0 Å². The Morgan fingerprint density at radius 3 is 2.70 bits per heavy atom. The van der Waals surface area contributed by atoms with Crippen molar-refractivity contribution in [3.8, 4) is 0 Å². The zero-order chi connectivity index (χ0) is 7.61. The highest BCUT2D eigenvalue weighted by Gasteiger charge is 2.33. The highest BCUT2D eigenvalue weighted by Crippen LogP contribution is 2.20. The van der Waals surface area contributed by atoms with Crippen molar-refractivity contribution in [3.63, 3.8) is 0 Å². The first kappa shape index (κ1) is 7.04. The molecule has 0 aromatic heterocycles. The SMILES string of the molecule is FC(F)(F)OC1=[C]OCN1. The zero-order valence-electron chi connectivity index (χ0n) is 4.66. The molecule has 0 aromatic rings. The molecule has 0 spiro atoms. The van der Waals surface area contributed by atoms with Crippen LogP contribution in [0.4, 0.5) is 13.2 Å². The number of hydrogen-bond acceptors (Lipinski definition) is 3. The average Bonchev–Trinajstić information content (AvgIpc) is 2.12. The molecule has 0 bridgehead atoms. The largest absolute Gasteiger partial charge is 0.574 e. The van der Waals surface area contributed by atoms with Crippen LogP contribution >= 0.6 is 0 Å². The van der Waals surface area contributed by atoms with Crippen LogP contribution in [0.15, 0.2) is 5.88 Å². The second kappa shape index (κ2) is 2.28. The van der Waals surface area contributed by atoms with Crippen molar-refractivity contribution in [2.75, 3.05) is 6.73 Å². The van der Waals surface area contributed by atoms with Crippen molar-refractivity contribution in [1.29, 1.82) is 0 Å². The average molecular weight is 154 g/mol. The fourth-order valence-corrected chi connectivity index (χ4v) is 0.412. The van der Waals surface area contributed by atoms with Gasteiger partial charge in [-0.25, -0.2) is 0 Å². The van der Waals surface area contributed by atoms with E-state index in [0.29, 0.717) is 0 Å². The molecule has 1 heterocycles. The first-order valence-electron chi connectivity index (χ1n) is 2.32. The van der Waals surface area contributed by atoms with E-state index in [-0.39, 0.29) is 6.73 Å². The lowest BCUT2D eigenvalue weighted by Crippen LogP contribution is -2.19. The van der Waals surface area contributed by atoms with Gasteiger partial charge in [-0.05, 0) is 0 Å². The molecule has 1 aliphatic heterocycles. The molecule has 6 heteroatoms. The Kier molecular flexibility index (Phi) is 1.60. The summed E-state index contributed by atoms with van der Waals surface area (Å²) in [6, 6.07) is 0. The number of rotatable bonds is 1. The molecule has 1 radical (unpaired) electrons. The smallest absolute Gasteiger partial charge is 0.464 e. The highest BCUT2D eigenvalue weighted by molar-refractivity contribution is 4.82. The Bertz CT molecular complexity index is 153. The van der Waals surface area contributed by atoms with Crippen LogP contribution in [0.2, 0.25) is 0 Å². The van der Waals surface area contributed by atoms with E-state index >= 15 is 0 Å². The van der Waals surface area contributed by atoms with Gasteiger partial charge in [0.2, 0.25) is 12.1 Å². The Morgan fingerprint density at radius 2 is 2.30 bits per heavy atom. The topological polar surface area (TPSA) is 30.5 Å². The van der Waals surface area contributed by atoms with Gasteiger partial charge in [-0.2, -0.15) is 0 Å². The fourth-order valence-electron chi connectivity index (χ4n) is 0.412. The van der Waals surface area contributed by atoms with Gasteiger partial charge in [0.25, 0.3) is 0 Å². The summed E-state index contributed by atoms with van der Waals surface area (Å²) in [4.78, 5) is 0. The molecule has 0 fully saturated rings. The molecule has 1 aliphatic rings. The van der Waals surface area contributed by atoms with Gasteiger partial charge in [0.1, 0.15) is 0 Å². The van der Waals surface area contributed by atoms with E-state index in [2.05, 4.69) is 14.8 Å². The minimum absolute atomic E-state index is 0.0363. The predicted molar refractivity (Wildman–Crippen MR) is 23.0 cm³/mol. The van der Waals surface area contributed by atoms with Gasteiger partial charge < -0.3 is 14.8 Å². The summed E-state index contributed by atoms with van der Waals surface area (Å²) in [5.41, 5.74) is 0. The molecular weight excluding hydrogens is 151 g/mol. The third-order valence-electron chi connectivity index (χ3n) is 0.688. The van der Waals surface area contributed by atoms with Crippen LogP contribution in [-0.2, 0) is 9.47 Å². The normalized spacial score (nSPS) is 17.3. The molecule has 0 aromatic carbocycles. The van der Waals surface area contributed by atoms with E-state index in [4.69, 9.17) is 0 Å². The highest BCUT2D eigenvalue weighted by atomic mass is 19.4. The number of hydrogen-bond donors (Lipinski definition) is 1. The Morgan fingerprint density at radius 1 is 1.60 bits per heavy atom. The lowest BCUT2D eigenvalue weighted by atomic mass is 10.9. The van der Waals surface area contributed by atoms with Crippen LogP contribution in [0.5, 0.6) is 0 Å². The van der Waals surface area contributed by atoms with E-state index < -0.39 is 12.2 Å². The van der Waals surface area contributed by atoms with Crippen LogP contribution < -0.4 is 5.32 Å². The first-order valence-corrected chi connectivity index (χ1v) is 2.32. The van der Waals surface area contributed by atoms with Gasteiger partial charge in [0, 0.05) is 0 Å². The molecule has 0 amide bonds. The predicted octanol–water partition coefficient (Wildman–Crippen LogP) is 0.702. The van der Waals surface area contributed by atoms with E-state index in [0.717, 1.165) is 0 Å². The first-order chi connectivity index (χ1) is 4.58. The molecule has 1 rings (SSSR count). The quantitative estimate of drug-likeness (QED) is 0.603. The molecule has 0 saturated heterocycles. The molecule has 3 nitrogen and oxygen atoms in total. The van der Waals surface area contributed by atoms with Crippen LogP contribution in [0.25, 0.3) is 0 Å². The van der Waals surface area contributed by atoms with Crippen molar-refractivity contribution < 1.29 is 22.6 Å². The third-order valence-corrected chi connectivity index (χ3v) is 0.688. The second-order valence-electron chi connectivity index (χ2n) is 1.44. The molecule has 0 atom stereocenters. The molecular formula is C4H3F3NO2. The molecule has 1 N–H and O–H groups in total. The van der Waals surface area contributed by atoms with Crippen molar-refractivity contribution in [2.24, 2.45) is 0 Å². The van der Waals surface area contributed by atoms with Gasteiger partial charge >= 0.3 is 6.36 Å². The van der Waals surface area contributed by atoms with Crippen molar-refractivity contribution in [2.45, 2.75) is 6.36 Å². The maximum atomic E-state index is 11.3. The van der Waals surface area contributed by atoms with Crippen molar-refractivity contribution in [3.05, 3.63) is 12.1 Å². The lowest BCUT2D eigenvalue weighted by molar-refractivity contribution is -0.307. The van der Waals surface area contributed by atoms with Gasteiger partial charge in [0.15, 0.2) is 6.73 Å². The number of alkyl halides is 3. The van der Waals surface area contributed by atoms with Crippen LogP contribution in [-0.4, -0.2) is 13.1 Å². The minimum Gasteiger partial charge on any atom is -0.464 e. The molecule has 0 saturated carbocycles. The number of halogens is 3. The van der Waals surface area contributed by atoms with Crippen molar-refractivity contribution >= 4 is 0 Å². The standard InChI is InChI=1S/C4H3F3NO2/c5-4(6,7)10-3-1-9-2-8-3/h8H,2H2. The van der Waals surface area contributed by atoms with E-state index in [1.807, 2.05) is 6.26 Å².